The minimum absolute atomic E-state index is 0.110. The van der Waals surface area contributed by atoms with Crippen molar-refractivity contribution in [2.45, 2.75) is 232 Å². The summed E-state index contributed by atoms with van der Waals surface area (Å²) in [4.78, 5) is 37.7. The van der Waals surface area contributed by atoms with Gasteiger partial charge >= 0.3 is 17.9 Å². The van der Waals surface area contributed by atoms with Gasteiger partial charge in [0.1, 0.15) is 13.2 Å². The molecule has 6 heteroatoms. The first kappa shape index (κ1) is 55.9. The SMILES string of the molecule is CC/C=C\C/C=C\C/C=C\CC(=O)OCC(COC(=O)CCCCCCCCCCCC/C=C\C=C/CCCCC)OC(=O)CCCCC/C=C\CCCCCCCC. The lowest BCUT2D eigenvalue weighted by Gasteiger charge is -2.18. The Labute approximate surface area is 363 Å². The summed E-state index contributed by atoms with van der Waals surface area (Å²) in [6, 6.07) is 0. The van der Waals surface area contributed by atoms with Crippen LogP contribution in [0.2, 0.25) is 0 Å². The van der Waals surface area contributed by atoms with Gasteiger partial charge in [-0.3, -0.25) is 14.4 Å². The lowest BCUT2D eigenvalue weighted by Crippen LogP contribution is -2.30. The van der Waals surface area contributed by atoms with Crippen LogP contribution in [-0.2, 0) is 28.6 Å². The number of hydrogen-bond acceptors (Lipinski definition) is 6. The van der Waals surface area contributed by atoms with Crippen molar-refractivity contribution in [3.05, 3.63) is 72.9 Å². The zero-order valence-electron chi connectivity index (χ0n) is 38.5. The smallest absolute Gasteiger partial charge is 0.309 e. The molecule has 1 unspecified atom stereocenters. The third-order valence-electron chi connectivity index (χ3n) is 10.2. The molecule has 0 fully saturated rings. The van der Waals surface area contributed by atoms with Crippen LogP contribution < -0.4 is 0 Å². The maximum atomic E-state index is 12.7. The van der Waals surface area contributed by atoms with Crippen molar-refractivity contribution in [2.24, 2.45) is 0 Å². The number of hydrogen-bond donors (Lipinski definition) is 0. The molecule has 338 valence electrons. The average molecular weight is 823 g/mol. The van der Waals surface area contributed by atoms with Gasteiger partial charge in [-0.1, -0.05) is 196 Å². The first-order valence-corrected chi connectivity index (χ1v) is 24.5. The molecule has 59 heavy (non-hydrogen) atoms. The number of allylic oxidation sites excluding steroid dienone is 11. The number of carbonyl (C=O) groups excluding carboxylic acids is 3. The Kier molecular flexibility index (Phi) is 45.0. The molecule has 6 nitrogen and oxygen atoms in total. The van der Waals surface area contributed by atoms with E-state index in [0.717, 1.165) is 70.6 Å². The number of rotatable bonds is 43. The number of carbonyl (C=O) groups is 3. The van der Waals surface area contributed by atoms with E-state index < -0.39 is 12.1 Å². The van der Waals surface area contributed by atoms with Crippen molar-refractivity contribution in [1.82, 2.24) is 0 Å². The Morgan fingerprint density at radius 1 is 0.390 bits per heavy atom. The molecule has 0 heterocycles. The highest BCUT2D eigenvalue weighted by Crippen LogP contribution is 2.14. The standard InChI is InChI=1S/C53H90O6/c1-4-7-10-13-16-19-21-23-24-25-26-27-28-30-31-34-37-40-43-46-52(55)58-49-50(48-57-51(54)45-42-39-36-33-18-15-12-9-6-3)59-53(56)47-44-41-38-35-32-29-22-20-17-14-11-8-5-2/h9,12,16,18-19,21,23,29,32-33,39,42,50H,4-8,10-11,13-15,17,20,22,24-28,30-31,34-38,40-41,43-49H2,1-3H3/b12-9-,19-16-,23-21-,32-29-,33-18-,42-39-. The third-order valence-corrected chi connectivity index (χ3v) is 10.2. The van der Waals surface area contributed by atoms with E-state index in [-0.39, 0.29) is 31.6 Å². The van der Waals surface area contributed by atoms with Crippen molar-refractivity contribution >= 4 is 17.9 Å². The monoisotopic (exact) mass is 823 g/mol. The molecule has 0 saturated carbocycles. The van der Waals surface area contributed by atoms with E-state index in [4.69, 9.17) is 14.2 Å². The van der Waals surface area contributed by atoms with Crippen LogP contribution in [-0.4, -0.2) is 37.2 Å². The van der Waals surface area contributed by atoms with Gasteiger partial charge < -0.3 is 14.2 Å². The van der Waals surface area contributed by atoms with Crippen LogP contribution in [0.3, 0.4) is 0 Å². The molecule has 0 radical (unpaired) electrons. The fourth-order valence-corrected chi connectivity index (χ4v) is 6.55. The Hall–Kier alpha value is -3.15. The average Bonchev–Trinajstić information content (AvgIpc) is 3.23. The van der Waals surface area contributed by atoms with E-state index in [2.05, 4.69) is 81.5 Å². The molecule has 0 aliphatic heterocycles. The van der Waals surface area contributed by atoms with E-state index in [9.17, 15) is 14.4 Å². The molecule has 0 bridgehead atoms. The highest BCUT2D eigenvalue weighted by molar-refractivity contribution is 5.72. The summed E-state index contributed by atoms with van der Waals surface area (Å²) in [5.74, 6) is -1.06. The Morgan fingerprint density at radius 3 is 1.32 bits per heavy atom. The first-order chi connectivity index (χ1) is 29.0. The van der Waals surface area contributed by atoms with E-state index in [1.54, 1.807) is 6.08 Å². The second kappa shape index (κ2) is 47.5. The quantitative estimate of drug-likeness (QED) is 0.0200. The van der Waals surface area contributed by atoms with Crippen LogP contribution in [0.4, 0.5) is 0 Å². The highest BCUT2D eigenvalue weighted by atomic mass is 16.6. The summed E-state index contributed by atoms with van der Waals surface area (Å²) in [6.45, 7) is 6.36. The van der Waals surface area contributed by atoms with Gasteiger partial charge in [0.05, 0.1) is 6.42 Å². The fourth-order valence-electron chi connectivity index (χ4n) is 6.55. The van der Waals surface area contributed by atoms with Gasteiger partial charge in [0.25, 0.3) is 0 Å². The predicted molar refractivity (Wildman–Crippen MR) is 251 cm³/mol. The van der Waals surface area contributed by atoms with Crippen molar-refractivity contribution in [3.8, 4) is 0 Å². The molecule has 0 aliphatic rings. The second-order valence-corrected chi connectivity index (χ2v) is 16.0. The molecule has 0 aliphatic carbocycles. The number of esters is 3. The van der Waals surface area contributed by atoms with Gasteiger partial charge in [-0.25, -0.2) is 0 Å². The zero-order chi connectivity index (χ0) is 43.0. The molecular weight excluding hydrogens is 733 g/mol. The van der Waals surface area contributed by atoms with Crippen LogP contribution in [0, 0.1) is 0 Å². The van der Waals surface area contributed by atoms with Gasteiger partial charge in [-0.2, -0.15) is 0 Å². The summed E-state index contributed by atoms with van der Waals surface area (Å²) in [7, 11) is 0. The number of unbranched alkanes of at least 4 members (excludes halogenated alkanes) is 22. The van der Waals surface area contributed by atoms with Gasteiger partial charge in [0.15, 0.2) is 6.10 Å². The predicted octanol–water partition coefficient (Wildman–Crippen LogP) is 15.9. The van der Waals surface area contributed by atoms with Crippen LogP contribution in [0.25, 0.3) is 0 Å². The lowest BCUT2D eigenvalue weighted by molar-refractivity contribution is -0.166. The maximum absolute atomic E-state index is 12.7. The Balaban J connectivity index is 4.37. The maximum Gasteiger partial charge on any atom is 0.309 e. The van der Waals surface area contributed by atoms with E-state index >= 15 is 0 Å². The minimum atomic E-state index is -0.817. The largest absolute Gasteiger partial charge is 0.462 e. The fraction of sp³-hybridized carbons (Fsp3) is 0.717. The lowest BCUT2D eigenvalue weighted by atomic mass is 10.1. The molecule has 0 N–H and O–H groups in total. The van der Waals surface area contributed by atoms with E-state index in [1.165, 1.54) is 116 Å². The van der Waals surface area contributed by atoms with E-state index in [1.807, 2.05) is 6.08 Å². The topological polar surface area (TPSA) is 78.9 Å². The molecule has 0 amide bonds. The van der Waals surface area contributed by atoms with Crippen molar-refractivity contribution in [3.63, 3.8) is 0 Å². The van der Waals surface area contributed by atoms with Crippen molar-refractivity contribution in [1.29, 1.82) is 0 Å². The molecule has 0 aromatic rings. The summed E-state index contributed by atoms with van der Waals surface area (Å²) >= 11 is 0. The van der Waals surface area contributed by atoms with Gasteiger partial charge in [-0.15, -0.1) is 0 Å². The normalized spacial score (nSPS) is 12.7. The van der Waals surface area contributed by atoms with Crippen LogP contribution >= 0.6 is 0 Å². The molecule has 0 spiro atoms. The van der Waals surface area contributed by atoms with E-state index in [0.29, 0.717) is 12.8 Å². The molecule has 0 aromatic carbocycles. The van der Waals surface area contributed by atoms with Gasteiger partial charge in [-0.05, 0) is 83.5 Å². The Morgan fingerprint density at radius 2 is 0.780 bits per heavy atom. The van der Waals surface area contributed by atoms with Crippen molar-refractivity contribution < 1.29 is 28.6 Å². The van der Waals surface area contributed by atoms with Crippen LogP contribution in [0.5, 0.6) is 0 Å². The van der Waals surface area contributed by atoms with Gasteiger partial charge in [0.2, 0.25) is 0 Å². The third kappa shape index (κ3) is 45.8. The molecule has 0 rings (SSSR count). The summed E-state index contributed by atoms with van der Waals surface area (Å²) in [5.41, 5.74) is 0. The summed E-state index contributed by atoms with van der Waals surface area (Å²) < 4.78 is 16.6. The highest BCUT2D eigenvalue weighted by Gasteiger charge is 2.19. The second-order valence-electron chi connectivity index (χ2n) is 16.0. The zero-order valence-corrected chi connectivity index (χ0v) is 38.5. The molecule has 0 saturated heterocycles. The molecule has 0 aromatic heterocycles. The summed E-state index contributed by atoms with van der Waals surface area (Å²) in [5, 5.41) is 0. The van der Waals surface area contributed by atoms with Crippen LogP contribution in [0.15, 0.2) is 72.9 Å². The van der Waals surface area contributed by atoms with Crippen molar-refractivity contribution in [2.75, 3.05) is 13.2 Å². The molecular formula is C53H90O6. The minimum Gasteiger partial charge on any atom is -0.462 e. The van der Waals surface area contributed by atoms with Crippen LogP contribution in [0.1, 0.15) is 226 Å². The summed E-state index contributed by atoms with van der Waals surface area (Å²) in [6.07, 6.45) is 59.2. The first-order valence-electron chi connectivity index (χ1n) is 24.5. The Bertz CT molecular complexity index is 1130. The molecule has 1 atom stereocenters. The van der Waals surface area contributed by atoms with Gasteiger partial charge in [0, 0.05) is 12.8 Å². The number of ether oxygens (including phenoxy) is 3.